The van der Waals surface area contributed by atoms with Crippen LogP contribution < -0.4 is 5.32 Å². The molecule has 1 amide bonds. The Morgan fingerprint density at radius 1 is 1.27 bits per heavy atom. The fourth-order valence-corrected chi connectivity index (χ4v) is 2.28. The average Bonchev–Trinajstić information content (AvgIpc) is 2.98. The van der Waals surface area contributed by atoms with Crippen molar-refractivity contribution in [2.75, 3.05) is 5.32 Å². The number of anilines is 1. The Morgan fingerprint density at radius 2 is 2.05 bits per heavy atom. The minimum absolute atomic E-state index is 0.244. The number of aryl methyl sites for hydroxylation is 1. The van der Waals surface area contributed by atoms with E-state index in [4.69, 9.17) is 4.84 Å². The topological polar surface area (TPSA) is 50.7 Å². The van der Waals surface area contributed by atoms with Gasteiger partial charge in [-0.3, -0.25) is 4.79 Å². The van der Waals surface area contributed by atoms with Gasteiger partial charge in [0, 0.05) is 12.1 Å². The Labute approximate surface area is 127 Å². The molecule has 0 saturated heterocycles. The van der Waals surface area contributed by atoms with Crippen LogP contribution in [-0.4, -0.2) is 17.7 Å². The maximum Gasteiger partial charge on any atom is 0.268 e. The molecule has 0 bridgehead atoms. The van der Waals surface area contributed by atoms with Crippen molar-refractivity contribution in [1.29, 1.82) is 0 Å². The largest absolute Gasteiger partial charge is 0.382 e. The molecule has 1 atom stereocenters. The summed E-state index contributed by atoms with van der Waals surface area (Å²) in [6.45, 7) is 1.96. The van der Waals surface area contributed by atoms with Gasteiger partial charge in [-0.25, -0.2) is 4.39 Å². The van der Waals surface area contributed by atoms with E-state index < -0.39 is 6.10 Å². The third kappa shape index (κ3) is 3.14. The summed E-state index contributed by atoms with van der Waals surface area (Å²) < 4.78 is 12.9. The van der Waals surface area contributed by atoms with Crippen LogP contribution in [0.3, 0.4) is 0 Å². The van der Waals surface area contributed by atoms with Gasteiger partial charge in [-0.2, -0.15) is 0 Å². The number of halogens is 1. The van der Waals surface area contributed by atoms with Crippen LogP contribution in [0.2, 0.25) is 0 Å². The molecule has 0 saturated carbocycles. The first kappa shape index (κ1) is 14.3. The Balaban J connectivity index is 1.64. The summed E-state index contributed by atoms with van der Waals surface area (Å²) in [6.07, 6.45) is -0.302. The van der Waals surface area contributed by atoms with Crippen LogP contribution in [0.1, 0.15) is 17.5 Å². The summed E-state index contributed by atoms with van der Waals surface area (Å²) in [5, 5.41) is 6.74. The van der Waals surface area contributed by atoms with Crippen LogP contribution >= 0.6 is 0 Å². The predicted octanol–water partition coefficient (Wildman–Crippen LogP) is 3.27. The number of hydrogen-bond acceptors (Lipinski definition) is 3. The van der Waals surface area contributed by atoms with Crippen molar-refractivity contribution in [3.8, 4) is 0 Å². The monoisotopic (exact) mass is 298 g/mol. The first-order valence-corrected chi connectivity index (χ1v) is 6.98. The lowest BCUT2D eigenvalue weighted by Crippen LogP contribution is -2.28. The second-order valence-corrected chi connectivity index (χ2v) is 5.20. The minimum atomic E-state index is -0.666. The number of carbonyl (C=O) groups excluding carboxylic acids is 1. The Bertz CT molecular complexity index is 726. The lowest BCUT2D eigenvalue weighted by atomic mass is 10.0. The van der Waals surface area contributed by atoms with E-state index in [1.807, 2.05) is 31.2 Å². The maximum absolute atomic E-state index is 12.9. The molecule has 0 radical (unpaired) electrons. The van der Waals surface area contributed by atoms with Crippen molar-refractivity contribution in [2.24, 2.45) is 5.16 Å². The van der Waals surface area contributed by atoms with Gasteiger partial charge in [0.1, 0.15) is 5.82 Å². The first-order valence-electron chi connectivity index (χ1n) is 6.98. The average molecular weight is 298 g/mol. The van der Waals surface area contributed by atoms with E-state index in [9.17, 15) is 9.18 Å². The summed E-state index contributed by atoms with van der Waals surface area (Å²) in [5.74, 6) is -0.552. The number of amides is 1. The molecule has 0 fully saturated rings. The number of benzene rings is 2. The molecular formula is C17H15FN2O2. The number of nitrogens with zero attached hydrogens (tertiary/aromatic N) is 1. The second-order valence-electron chi connectivity index (χ2n) is 5.20. The Kier molecular flexibility index (Phi) is 3.87. The highest BCUT2D eigenvalue weighted by Gasteiger charge is 2.28. The highest BCUT2D eigenvalue weighted by Crippen LogP contribution is 2.19. The highest BCUT2D eigenvalue weighted by atomic mass is 19.1. The molecule has 112 valence electrons. The molecule has 0 spiro atoms. The SMILES string of the molecule is Cc1cccc(NC(=O)C2CC(c3ccc(F)cc3)=NO2)c1. The number of rotatable bonds is 3. The normalized spacial score (nSPS) is 16.8. The van der Waals surface area contributed by atoms with Crippen LogP contribution in [0.25, 0.3) is 0 Å². The molecule has 0 aliphatic carbocycles. The molecule has 1 heterocycles. The van der Waals surface area contributed by atoms with Crippen molar-refractivity contribution < 1.29 is 14.0 Å². The van der Waals surface area contributed by atoms with E-state index in [0.717, 1.165) is 16.8 Å². The minimum Gasteiger partial charge on any atom is -0.382 e. The van der Waals surface area contributed by atoms with Gasteiger partial charge in [-0.05, 0) is 42.3 Å². The fraction of sp³-hybridized carbons (Fsp3) is 0.176. The zero-order valence-electron chi connectivity index (χ0n) is 12.0. The highest BCUT2D eigenvalue weighted by molar-refractivity contribution is 6.06. The summed E-state index contributed by atoms with van der Waals surface area (Å²) in [5.41, 5.74) is 3.19. The van der Waals surface area contributed by atoms with Crippen molar-refractivity contribution in [3.05, 3.63) is 65.5 Å². The van der Waals surface area contributed by atoms with E-state index in [-0.39, 0.29) is 11.7 Å². The van der Waals surface area contributed by atoms with Crippen LogP contribution in [-0.2, 0) is 9.63 Å². The molecule has 5 heteroatoms. The van der Waals surface area contributed by atoms with Crippen molar-refractivity contribution in [2.45, 2.75) is 19.4 Å². The van der Waals surface area contributed by atoms with E-state index in [1.54, 1.807) is 12.1 Å². The standard InChI is InChI=1S/C17H15FN2O2/c1-11-3-2-4-14(9-11)19-17(21)16-10-15(20-22-16)12-5-7-13(18)8-6-12/h2-9,16H,10H2,1H3,(H,19,21). The molecular weight excluding hydrogens is 283 g/mol. The predicted molar refractivity (Wildman–Crippen MR) is 82.2 cm³/mol. The molecule has 1 N–H and O–H groups in total. The van der Waals surface area contributed by atoms with Gasteiger partial charge in [0.2, 0.25) is 6.10 Å². The van der Waals surface area contributed by atoms with Crippen LogP contribution in [0.5, 0.6) is 0 Å². The van der Waals surface area contributed by atoms with Gasteiger partial charge in [-0.1, -0.05) is 29.4 Å². The molecule has 1 aliphatic rings. The van der Waals surface area contributed by atoms with Gasteiger partial charge in [0.05, 0.1) is 5.71 Å². The summed E-state index contributed by atoms with van der Waals surface area (Å²) in [4.78, 5) is 17.4. The fourth-order valence-electron chi connectivity index (χ4n) is 2.28. The van der Waals surface area contributed by atoms with E-state index in [0.29, 0.717) is 12.1 Å². The third-order valence-corrected chi connectivity index (χ3v) is 3.42. The maximum atomic E-state index is 12.9. The zero-order valence-corrected chi connectivity index (χ0v) is 12.0. The van der Waals surface area contributed by atoms with Crippen molar-refractivity contribution in [3.63, 3.8) is 0 Å². The van der Waals surface area contributed by atoms with Crippen LogP contribution in [0.15, 0.2) is 53.7 Å². The lowest BCUT2D eigenvalue weighted by Gasteiger charge is -2.09. The van der Waals surface area contributed by atoms with Crippen molar-refractivity contribution >= 4 is 17.3 Å². The van der Waals surface area contributed by atoms with Gasteiger partial charge < -0.3 is 10.2 Å². The molecule has 4 nitrogen and oxygen atoms in total. The van der Waals surface area contributed by atoms with Gasteiger partial charge in [0.25, 0.3) is 5.91 Å². The van der Waals surface area contributed by atoms with Gasteiger partial charge >= 0.3 is 0 Å². The smallest absolute Gasteiger partial charge is 0.268 e. The lowest BCUT2D eigenvalue weighted by molar-refractivity contribution is -0.125. The van der Waals surface area contributed by atoms with Crippen LogP contribution in [0, 0.1) is 12.7 Å². The third-order valence-electron chi connectivity index (χ3n) is 3.42. The molecule has 22 heavy (non-hydrogen) atoms. The molecule has 0 aromatic heterocycles. The van der Waals surface area contributed by atoms with Crippen LogP contribution in [0.4, 0.5) is 10.1 Å². The molecule has 2 aromatic rings. The molecule has 1 unspecified atom stereocenters. The quantitative estimate of drug-likeness (QED) is 0.945. The summed E-state index contributed by atoms with van der Waals surface area (Å²) in [6, 6.07) is 13.5. The number of carbonyl (C=O) groups is 1. The Morgan fingerprint density at radius 3 is 2.77 bits per heavy atom. The van der Waals surface area contributed by atoms with E-state index in [2.05, 4.69) is 10.5 Å². The second kappa shape index (κ2) is 5.97. The first-order chi connectivity index (χ1) is 10.6. The number of oxime groups is 1. The van der Waals surface area contributed by atoms with Gasteiger partial charge in [-0.15, -0.1) is 0 Å². The van der Waals surface area contributed by atoms with E-state index in [1.165, 1.54) is 12.1 Å². The van der Waals surface area contributed by atoms with E-state index >= 15 is 0 Å². The molecule has 2 aromatic carbocycles. The molecule has 3 rings (SSSR count). The summed E-state index contributed by atoms with van der Waals surface area (Å²) in [7, 11) is 0. The zero-order chi connectivity index (χ0) is 15.5. The van der Waals surface area contributed by atoms with Crippen molar-refractivity contribution in [1.82, 2.24) is 0 Å². The number of nitrogens with one attached hydrogen (secondary N) is 1. The molecule has 1 aliphatic heterocycles. The Hall–Kier alpha value is -2.69. The number of hydrogen-bond donors (Lipinski definition) is 1. The van der Waals surface area contributed by atoms with Gasteiger partial charge in [0.15, 0.2) is 0 Å². The summed E-state index contributed by atoms with van der Waals surface area (Å²) >= 11 is 0.